The summed E-state index contributed by atoms with van der Waals surface area (Å²) >= 11 is 0. The number of hydrogen-bond donors (Lipinski definition) is 2. The van der Waals surface area contributed by atoms with Gasteiger partial charge in [0.2, 0.25) is 5.62 Å². The summed E-state index contributed by atoms with van der Waals surface area (Å²) in [6, 6.07) is 15.4. The molecule has 33 heavy (non-hydrogen) atoms. The SMILES string of the molecule is Cc1ccc(Cn2c(=O)n(C[C@H](C)C(=O)O)[nH]/c2=N\c2ccc(OC3CCCC3)cc2)cc1. The van der Waals surface area contributed by atoms with E-state index < -0.39 is 11.9 Å². The van der Waals surface area contributed by atoms with E-state index in [1.54, 1.807) is 6.92 Å². The van der Waals surface area contributed by atoms with Crippen LogP contribution in [0.4, 0.5) is 5.69 Å². The van der Waals surface area contributed by atoms with Gasteiger partial charge < -0.3 is 9.84 Å². The minimum absolute atomic E-state index is 0.0335. The Balaban J connectivity index is 1.65. The van der Waals surface area contributed by atoms with Gasteiger partial charge in [0, 0.05) is 0 Å². The molecule has 0 spiro atoms. The van der Waals surface area contributed by atoms with Gasteiger partial charge in [-0.25, -0.2) is 14.5 Å². The summed E-state index contributed by atoms with van der Waals surface area (Å²) in [6.07, 6.45) is 4.89. The van der Waals surface area contributed by atoms with Crippen molar-refractivity contribution >= 4 is 11.7 Å². The Morgan fingerprint density at radius 1 is 1.15 bits per heavy atom. The van der Waals surface area contributed by atoms with E-state index in [2.05, 4.69) is 10.1 Å². The van der Waals surface area contributed by atoms with Crippen LogP contribution in [0.2, 0.25) is 0 Å². The summed E-state index contributed by atoms with van der Waals surface area (Å²) in [7, 11) is 0. The Hall–Kier alpha value is -3.55. The minimum atomic E-state index is -0.960. The second kappa shape index (κ2) is 9.94. The predicted molar refractivity (Wildman–Crippen MR) is 125 cm³/mol. The highest BCUT2D eigenvalue weighted by Gasteiger charge is 2.17. The van der Waals surface area contributed by atoms with Gasteiger partial charge in [0.05, 0.1) is 30.8 Å². The molecule has 0 bridgehead atoms. The molecule has 1 fully saturated rings. The fourth-order valence-electron chi connectivity index (χ4n) is 3.96. The topological polar surface area (TPSA) is 102 Å². The molecule has 1 aliphatic carbocycles. The number of carboxylic acid groups (broad SMARTS) is 1. The number of H-pyrrole nitrogens is 1. The number of aromatic amines is 1. The first-order valence-electron chi connectivity index (χ1n) is 11.4. The molecule has 1 aliphatic rings. The van der Waals surface area contributed by atoms with Gasteiger partial charge in [0.15, 0.2) is 0 Å². The molecular weight excluding hydrogens is 420 g/mol. The Kier molecular flexibility index (Phi) is 6.82. The highest BCUT2D eigenvalue weighted by Crippen LogP contribution is 2.25. The molecule has 1 atom stereocenters. The van der Waals surface area contributed by atoms with Gasteiger partial charge in [-0.15, -0.1) is 0 Å². The second-order valence-electron chi connectivity index (χ2n) is 8.77. The van der Waals surface area contributed by atoms with E-state index in [4.69, 9.17) is 4.74 Å². The molecular formula is C25H30N4O4. The standard InChI is InChI=1S/C25H30N4O4/c1-17-7-9-19(10-8-17)16-28-24(27-29(25(28)32)15-18(2)23(30)31)26-20-11-13-22(14-12-20)33-21-5-3-4-6-21/h7-14,18,21H,3-6,15-16H2,1-2H3,(H,26,27)(H,30,31)/t18-/m0/s1. The lowest BCUT2D eigenvalue weighted by Crippen LogP contribution is -2.31. The molecule has 0 aliphatic heterocycles. The van der Waals surface area contributed by atoms with E-state index in [1.165, 1.54) is 22.1 Å². The van der Waals surface area contributed by atoms with Crippen molar-refractivity contribution in [3.05, 3.63) is 75.8 Å². The first-order chi connectivity index (χ1) is 15.9. The van der Waals surface area contributed by atoms with E-state index in [9.17, 15) is 14.7 Å². The molecule has 3 aromatic rings. The maximum Gasteiger partial charge on any atom is 0.345 e. The highest BCUT2D eigenvalue weighted by atomic mass is 16.5. The zero-order valence-corrected chi connectivity index (χ0v) is 19.0. The molecule has 0 unspecified atom stereocenters. The van der Waals surface area contributed by atoms with Crippen LogP contribution in [0.15, 0.2) is 58.3 Å². The van der Waals surface area contributed by atoms with Gasteiger partial charge in [-0.1, -0.05) is 36.8 Å². The number of nitrogens with one attached hydrogen (secondary N) is 1. The molecule has 8 nitrogen and oxygen atoms in total. The fraction of sp³-hybridized carbons (Fsp3) is 0.400. The number of nitrogens with zero attached hydrogens (tertiary/aromatic N) is 3. The van der Waals surface area contributed by atoms with Crippen molar-refractivity contribution in [1.82, 2.24) is 14.3 Å². The number of hydrogen-bond acceptors (Lipinski definition) is 4. The molecule has 4 rings (SSSR count). The summed E-state index contributed by atoms with van der Waals surface area (Å²) in [5.41, 5.74) is 2.80. The van der Waals surface area contributed by atoms with Crippen LogP contribution in [0, 0.1) is 12.8 Å². The first kappa shape index (κ1) is 22.6. The van der Waals surface area contributed by atoms with Crippen LogP contribution in [-0.2, 0) is 17.9 Å². The molecule has 0 radical (unpaired) electrons. The maximum atomic E-state index is 13.1. The van der Waals surface area contributed by atoms with Crippen LogP contribution in [0.25, 0.3) is 0 Å². The molecule has 1 aromatic heterocycles. The van der Waals surface area contributed by atoms with Crippen molar-refractivity contribution in [3.63, 3.8) is 0 Å². The van der Waals surface area contributed by atoms with Crippen LogP contribution in [0.3, 0.4) is 0 Å². The van der Waals surface area contributed by atoms with Crippen molar-refractivity contribution in [2.24, 2.45) is 10.9 Å². The van der Waals surface area contributed by atoms with Gasteiger partial charge in [-0.05, 0) is 62.4 Å². The maximum absolute atomic E-state index is 13.1. The third-order valence-electron chi connectivity index (χ3n) is 5.97. The monoisotopic (exact) mass is 450 g/mol. The van der Waals surface area contributed by atoms with Crippen LogP contribution < -0.4 is 16.0 Å². The number of ether oxygens (including phenoxy) is 1. The Morgan fingerprint density at radius 3 is 2.45 bits per heavy atom. The van der Waals surface area contributed by atoms with E-state index in [0.29, 0.717) is 17.9 Å². The summed E-state index contributed by atoms with van der Waals surface area (Å²) in [5.74, 6) is -0.860. The zero-order chi connectivity index (χ0) is 23.4. The molecule has 1 saturated carbocycles. The van der Waals surface area contributed by atoms with Gasteiger partial charge in [-0.2, -0.15) is 0 Å². The van der Waals surface area contributed by atoms with E-state index in [1.807, 2.05) is 55.5 Å². The van der Waals surface area contributed by atoms with Gasteiger partial charge in [0.1, 0.15) is 5.75 Å². The molecule has 1 heterocycles. The molecule has 2 N–H and O–H groups in total. The number of carbonyl (C=O) groups is 1. The quantitative estimate of drug-likeness (QED) is 0.547. The summed E-state index contributed by atoms with van der Waals surface area (Å²) in [5, 5.41) is 12.3. The average molecular weight is 451 g/mol. The number of aryl methyl sites for hydroxylation is 1. The van der Waals surface area contributed by atoms with Crippen LogP contribution in [-0.4, -0.2) is 31.5 Å². The van der Waals surface area contributed by atoms with Crippen LogP contribution in [0.5, 0.6) is 5.75 Å². The van der Waals surface area contributed by atoms with Crippen molar-refractivity contribution < 1.29 is 14.6 Å². The largest absolute Gasteiger partial charge is 0.490 e. The lowest BCUT2D eigenvalue weighted by molar-refractivity contribution is -0.141. The smallest absolute Gasteiger partial charge is 0.345 e. The van der Waals surface area contributed by atoms with E-state index >= 15 is 0 Å². The number of carboxylic acids is 1. The number of aliphatic carboxylic acids is 1. The minimum Gasteiger partial charge on any atom is -0.490 e. The molecule has 0 saturated heterocycles. The molecule has 2 aromatic carbocycles. The fourth-order valence-corrected chi connectivity index (χ4v) is 3.96. The van der Waals surface area contributed by atoms with Gasteiger partial charge in [-0.3, -0.25) is 14.5 Å². The number of aromatic nitrogens is 3. The Morgan fingerprint density at radius 2 is 1.82 bits per heavy atom. The van der Waals surface area contributed by atoms with E-state index in [-0.39, 0.29) is 18.3 Å². The Labute approximate surface area is 192 Å². The predicted octanol–water partition coefficient (Wildman–Crippen LogP) is 3.61. The normalized spacial score (nSPS) is 15.6. The lowest BCUT2D eigenvalue weighted by Gasteiger charge is -2.12. The summed E-state index contributed by atoms with van der Waals surface area (Å²) in [6.45, 7) is 3.94. The lowest BCUT2D eigenvalue weighted by atomic mass is 10.1. The molecule has 174 valence electrons. The zero-order valence-electron chi connectivity index (χ0n) is 19.0. The van der Waals surface area contributed by atoms with Gasteiger partial charge in [0.25, 0.3) is 0 Å². The first-order valence-corrected chi connectivity index (χ1v) is 11.4. The van der Waals surface area contributed by atoms with Crippen LogP contribution >= 0.6 is 0 Å². The second-order valence-corrected chi connectivity index (χ2v) is 8.77. The number of benzene rings is 2. The number of rotatable bonds is 8. The van der Waals surface area contributed by atoms with Crippen LogP contribution in [0.1, 0.15) is 43.7 Å². The van der Waals surface area contributed by atoms with Crippen molar-refractivity contribution in [2.45, 2.75) is 58.7 Å². The third kappa shape index (κ3) is 5.63. The molecule has 8 heteroatoms. The van der Waals surface area contributed by atoms with Gasteiger partial charge >= 0.3 is 11.7 Å². The Bertz CT molecular complexity index is 1210. The summed E-state index contributed by atoms with van der Waals surface area (Å²) < 4.78 is 8.86. The van der Waals surface area contributed by atoms with E-state index in [0.717, 1.165) is 29.7 Å². The van der Waals surface area contributed by atoms with Crippen molar-refractivity contribution in [2.75, 3.05) is 0 Å². The molecule has 0 amide bonds. The van der Waals surface area contributed by atoms with Crippen molar-refractivity contribution in [1.29, 1.82) is 0 Å². The van der Waals surface area contributed by atoms with Crippen molar-refractivity contribution in [3.8, 4) is 5.75 Å². The summed E-state index contributed by atoms with van der Waals surface area (Å²) in [4.78, 5) is 29.0. The third-order valence-corrected chi connectivity index (χ3v) is 5.97. The highest BCUT2D eigenvalue weighted by molar-refractivity contribution is 5.69. The average Bonchev–Trinajstić information content (AvgIpc) is 3.40.